The first kappa shape index (κ1) is 5.96. The quantitative estimate of drug-likeness (QED) is 0.514. The van der Waals surface area contributed by atoms with Gasteiger partial charge in [-0.15, -0.1) is 0 Å². The van der Waals surface area contributed by atoms with Crippen LogP contribution in [0.15, 0.2) is 35.5 Å². The molecule has 0 bridgehead atoms. The third kappa shape index (κ3) is 1.38. The molecule has 0 aromatic carbocycles. The van der Waals surface area contributed by atoms with Crippen molar-refractivity contribution in [2.24, 2.45) is 0 Å². The van der Waals surface area contributed by atoms with Crippen molar-refractivity contribution in [1.29, 1.82) is 0 Å². The van der Waals surface area contributed by atoms with Crippen LogP contribution in [0.4, 0.5) is 0 Å². The average molecular weight is 132 g/mol. The van der Waals surface area contributed by atoms with Crippen LogP contribution in [-0.2, 0) is 0 Å². The summed E-state index contributed by atoms with van der Waals surface area (Å²) in [6, 6.07) is 0. The summed E-state index contributed by atoms with van der Waals surface area (Å²) in [5, 5.41) is 0. The molecule has 0 spiro atoms. The molecule has 0 N–H and O–H groups in total. The Morgan fingerprint density at radius 3 is 2.70 bits per heavy atom. The molecular formula is C10H12. The van der Waals surface area contributed by atoms with Gasteiger partial charge in [-0.25, -0.2) is 0 Å². The van der Waals surface area contributed by atoms with Crippen molar-refractivity contribution >= 4 is 0 Å². The standard InChI is InChI=1S/C10H12/c1-2-4-9(5-3-1)8-10-6-7-10/h2,4-5,8H,1,3,6-7H2. The summed E-state index contributed by atoms with van der Waals surface area (Å²) < 4.78 is 0. The highest BCUT2D eigenvalue weighted by Gasteiger charge is 2.10. The van der Waals surface area contributed by atoms with Crippen molar-refractivity contribution in [3.8, 4) is 0 Å². The zero-order valence-corrected chi connectivity index (χ0v) is 6.14. The molecule has 0 aliphatic heterocycles. The lowest BCUT2D eigenvalue weighted by molar-refractivity contribution is 1.02. The maximum atomic E-state index is 2.33. The van der Waals surface area contributed by atoms with Gasteiger partial charge < -0.3 is 0 Å². The van der Waals surface area contributed by atoms with Crippen LogP contribution < -0.4 is 0 Å². The smallest absolute Gasteiger partial charge is 0.0279 e. The van der Waals surface area contributed by atoms with Crippen LogP contribution in [0.2, 0.25) is 0 Å². The minimum Gasteiger partial charge on any atom is -0.0836 e. The van der Waals surface area contributed by atoms with Gasteiger partial charge in [0.2, 0.25) is 0 Å². The molecule has 0 atom stereocenters. The Labute approximate surface area is 61.9 Å². The normalized spacial score (nSPS) is 22.4. The van der Waals surface area contributed by atoms with E-state index in [0.29, 0.717) is 0 Å². The molecule has 2 aliphatic carbocycles. The van der Waals surface area contributed by atoms with Gasteiger partial charge in [0.25, 0.3) is 0 Å². The molecule has 1 fully saturated rings. The molecule has 0 nitrogen and oxygen atoms in total. The number of hydrogen-bond acceptors (Lipinski definition) is 0. The minimum atomic E-state index is 1.23. The molecule has 0 saturated heterocycles. The Bertz CT molecular complexity index is 210. The first-order valence-electron chi connectivity index (χ1n) is 4.01. The second-order valence-electron chi connectivity index (χ2n) is 2.99. The monoisotopic (exact) mass is 132 g/mol. The van der Waals surface area contributed by atoms with Gasteiger partial charge in [-0.3, -0.25) is 0 Å². The highest BCUT2D eigenvalue weighted by Crippen LogP contribution is 2.29. The molecule has 10 heavy (non-hydrogen) atoms. The Kier molecular flexibility index (Phi) is 1.46. The Hall–Kier alpha value is -0.780. The maximum Gasteiger partial charge on any atom is -0.0279 e. The highest BCUT2D eigenvalue weighted by atomic mass is 14.2. The lowest BCUT2D eigenvalue weighted by Gasteiger charge is -1.99. The maximum absolute atomic E-state index is 2.33. The molecule has 0 radical (unpaired) electrons. The van der Waals surface area contributed by atoms with Crippen molar-refractivity contribution in [2.75, 3.05) is 0 Å². The van der Waals surface area contributed by atoms with E-state index in [1.807, 2.05) is 0 Å². The fourth-order valence-electron chi connectivity index (χ4n) is 1.19. The van der Waals surface area contributed by atoms with Crippen molar-refractivity contribution in [2.45, 2.75) is 25.7 Å². The largest absolute Gasteiger partial charge is 0.0836 e. The molecule has 0 heterocycles. The van der Waals surface area contributed by atoms with Crippen LogP contribution in [0, 0.1) is 0 Å². The van der Waals surface area contributed by atoms with E-state index >= 15 is 0 Å². The van der Waals surface area contributed by atoms with Crippen molar-refractivity contribution < 1.29 is 0 Å². The number of allylic oxidation sites excluding steroid dienone is 6. The van der Waals surface area contributed by atoms with E-state index in [4.69, 9.17) is 0 Å². The summed E-state index contributed by atoms with van der Waals surface area (Å²) in [5.41, 5.74) is 3.05. The predicted molar refractivity (Wildman–Crippen MR) is 43.8 cm³/mol. The van der Waals surface area contributed by atoms with Gasteiger partial charge in [0.05, 0.1) is 0 Å². The van der Waals surface area contributed by atoms with Crippen LogP contribution in [0.3, 0.4) is 0 Å². The Morgan fingerprint density at radius 1 is 1.20 bits per heavy atom. The topological polar surface area (TPSA) is 0 Å². The zero-order valence-electron chi connectivity index (χ0n) is 6.14. The molecule has 2 aliphatic rings. The van der Waals surface area contributed by atoms with Gasteiger partial charge in [-0.05, 0) is 31.3 Å². The van der Waals surface area contributed by atoms with Crippen molar-refractivity contribution in [1.82, 2.24) is 0 Å². The van der Waals surface area contributed by atoms with Crippen LogP contribution in [0.5, 0.6) is 0 Å². The highest BCUT2D eigenvalue weighted by molar-refractivity contribution is 5.38. The van der Waals surface area contributed by atoms with E-state index in [1.165, 1.54) is 31.3 Å². The molecule has 0 aromatic rings. The summed E-state index contributed by atoms with van der Waals surface area (Å²) in [4.78, 5) is 0. The van der Waals surface area contributed by atoms with E-state index in [2.05, 4.69) is 24.3 Å². The van der Waals surface area contributed by atoms with Crippen LogP contribution in [0.1, 0.15) is 25.7 Å². The predicted octanol–water partition coefficient (Wildman–Crippen LogP) is 2.98. The molecule has 0 unspecified atom stereocenters. The second kappa shape index (κ2) is 2.45. The van der Waals surface area contributed by atoms with Crippen LogP contribution in [-0.4, -0.2) is 0 Å². The van der Waals surface area contributed by atoms with E-state index in [-0.39, 0.29) is 0 Å². The fraction of sp³-hybridized carbons (Fsp3) is 0.400. The summed E-state index contributed by atoms with van der Waals surface area (Å²) >= 11 is 0. The van der Waals surface area contributed by atoms with E-state index in [1.54, 1.807) is 5.57 Å². The Balaban J connectivity index is 2.09. The van der Waals surface area contributed by atoms with Crippen molar-refractivity contribution in [3.63, 3.8) is 0 Å². The van der Waals surface area contributed by atoms with Gasteiger partial charge >= 0.3 is 0 Å². The van der Waals surface area contributed by atoms with E-state index in [9.17, 15) is 0 Å². The molecule has 0 amide bonds. The summed E-state index contributed by atoms with van der Waals surface area (Å²) in [7, 11) is 0. The zero-order chi connectivity index (χ0) is 6.81. The average Bonchev–Trinajstić information content (AvgIpc) is 2.74. The third-order valence-corrected chi connectivity index (χ3v) is 1.93. The summed E-state index contributed by atoms with van der Waals surface area (Å²) in [6.07, 6.45) is 14.3. The van der Waals surface area contributed by atoms with Gasteiger partial charge in [0, 0.05) is 0 Å². The molecule has 0 heteroatoms. The lowest BCUT2D eigenvalue weighted by atomic mass is 10.1. The Morgan fingerprint density at radius 2 is 2.10 bits per heavy atom. The molecule has 0 aromatic heterocycles. The van der Waals surface area contributed by atoms with Gasteiger partial charge in [0.1, 0.15) is 0 Å². The van der Waals surface area contributed by atoms with Crippen LogP contribution in [0.25, 0.3) is 0 Å². The molecule has 2 rings (SSSR count). The third-order valence-electron chi connectivity index (χ3n) is 1.93. The fourth-order valence-corrected chi connectivity index (χ4v) is 1.19. The summed E-state index contributed by atoms with van der Waals surface area (Å²) in [6.45, 7) is 0. The lowest BCUT2D eigenvalue weighted by Crippen LogP contribution is -1.79. The van der Waals surface area contributed by atoms with Crippen LogP contribution >= 0.6 is 0 Å². The molecule has 52 valence electrons. The molecular weight excluding hydrogens is 120 g/mol. The number of rotatable bonds is 1. The first-order chi connectivity index (χ1) is 4.95. The second-order valence-corrected chi connectivity index (χ2v) is 2.99. The molecule has 1 saturated carbocycles. The van der Waals surface area contributed by atoms with Gasteiger partial charge in [0.15, 0.2) is 0 Å². The van der Waals surface area contributed by atoms with E-state index < -0.39 is 0 Å². The van der Waals surface area contributed by atoms with Gasteiger partial charge in [-0.2, -0.15) is 0 Å². The first-order valence-corrected chi connectivity index (χ1v) is 4.01. The number of hydrogen-bond donors (Lipinski definition) is 0. The SMILES string of the molecule is C1=CC(C=C2CC2)=CCC1. The minimum absolute atomic E-state index is 1.23. The summed E-state index contributed by atoms with van der Waals surface area (Å²) in [5.74, 6) is 0. The van der Waals surface area contributed by atoms with Crippen molar-refractivity contribution in [3.05, 3.63) is 35.5 Å². The van der Waals surface area contributed by atoms with Gasteiger partial charge in [-0.1, -0.05) is 29.9 Å². The van der Waals surface area contributed by atoms with E-state index in [0.717, 1.165) is 0 Å².